The molecule has 8 nitrogen and oxygen atoms in total. The fraction of sp³-hybridized carbons (Fsp3) is 0.364. The second-order valence-corrected chi connectivity index (χ2v) is 8.85. The number of aromatic nitrogens is 3. The first kappa shape index (κ1) is 23.9. The standard InChI is InChI=1S/C22H22F3N5O3S/c1-29(12-18(31)26-17-7-3-2-6-16(17)22(23,24)25)19(32)13-34-21-28-27-20(14-8-9-14)30(21)11-15-5-4-10-33-15/h2-7,10,14H,8-9,11-13H2,1H3,(H,26,31). The van der Waals surface area contributed by atoms with E-state index in [1.165, 1.54) is 37.0 Å². The molecule has 0 spiro atoms. The molecule has 4 rings (SSSR count). The van der Waals surface area contributed by atoms with E-state index in [1.54, 1.807) is 12.3 Å². The molecule has 2 aromatic heterocycles. The Hall–Kier alpha value is -3.28. The Balaban J connectivity index is 1.35. The van der Waals surface area contributed by atoms with Crippen LogP contribution < -0.4 is 5.32 Å². The second-order valence-electron chi connectivity index (χ2n) is 7.91. The zero-order chi connectivity index (χ0) is 24.3. The maximum Gasteiger partial charge on any atom is 0.418 e. The molecule has 0 radical (unpaired) electrons. The van der Waals surface area contributed by atoms with E-state index >= 15 is 0 Å². The van der Waals surface area contributed by atoms with E-state index in [0.29, 0.717) is 17.6 Å². The van der Waals surface area contributed by atoms with Crippen molar-refractivity contribution in [3.8, 4) is 0 Å². The van der Waals surface area contributed by atoms with Crippen molar-refractivity contribution in [2.24, 2.45) is 0 Å². The quantitative estimate of drug-likeness (QED) is 0.453. The van der Waals surface area contributed by atoms with E-state index in [9.17, 15) is 22.8 Å². The molecule has 34 heavy (non-hydrogen) atoms. The van der Waals surface area contributed by atoms with Crippen LogP contribution in [-0.2, 0) is 22.3 Å². The number of nitrogens with zero attached hydrogens (tertiary/aromatic N) is 4. The minimum atomic E-state index is -4.60. The molecule has 12 heteroatoms. The lowest BCUT2D eigenvalue weighted by Crippen LogP contribution is -2.36. The SMILES string of the molecule is CN(CC(=O)Nc1ccccc1C(F)(F)F)C(=O)CSc1nnc(C2CC2)n1Cc1ccco1. The average molecular weight is 494 g/mol. The summed E-state index contributed by atoms with van der Waals surface area (Å²) in [7, 11) is 1.42. The van der Waals surface area contributed by atoms with E-state index < -0.39 is 24.2 Å². The van der Waals surface area contributed by atoms with Crippen LogP contribution in [0.3, 0.4) is 0 Å². The smallest absolute Gasteiger partial charge is 0.418 e. The number of carbonyl (C=O) groups excluding carboxylic acids is 2. The Morgan fingerprint density at radius 1 is 1.21 bits per heavy atom. The molecular formula is C22H22F3N5O3S. The van der Waals surface area contributed by atoms with Crippen molar-refractivity contribution in [3.63, 3.8) is 0 Å². The molecule has 0 unspecified atom stereocenters. The number of amides is 2. The average Bonchev–Trinajstić information content (AvgIpc) is 3.34. The molecular weight excluding hydrogens is 471 g/mol. The maximum absolute atomic E-state index is 13.1. The summed E-state index contributed by atoms with van der Waals surface area (Å²) >= 11 is 1.18. The number of thioether (sulfide) groups is 1. The number of hydrogen-bond donors (Lipinski definition) is 1. The minimum Gasteiger partial charge on any atom is -0.467 e. The van der Waals surface area contributed by atoms with Crippen molar-refractivity contribution in [1.82, 2.24) is 19.7 Å². The van der Waals surface area contributed by atoms with E-state index in [-0.39, 0.29) is 17.3 Å². The van der Waals surface area contributed by atoms with Crippen LogP contribution in [0.2, 0.25) is 0 Å². The van der Waals surface area contributed by atoms with Gasteiger partial charge in [-0.3, -0.25) is 14.2 Å². The van der Waals surface area contributed by atoms with Crippen LogP contribution in [0.1, 0.15) is 35.9 Å². The molecule has 1 aliphatic carbocycles. The molecule has 3 aromatic rings. The number of halogens is 3. The van der Waals surface area contributed by atoms with Crippen LogP contribution in [0, 0.1) is 0 Å². The van der Waals surface area contributed by atoms with Crippen molar-refractivity contribution in [2.45, 2.75) is 36.6 Å². The van der Waals surface area contributed by atoms with Crippen LogP contribution in [-0.4, -0.2) is 50.8 Å². The minimum absolute atomic E-state index is 0.0100. The van der Waals surface area contributed by atoms with Gasteiger partial charge in [0.1, 0.15) is 11.6 Å². The highest BCUT2D eigenvalue weighted by Crippen LogP contribution is 2.40. The molecule has 0 atom stereocenters. The first-order chi connectivity index (χ1) is 16.2. The second kappa shape index (κ2) is 9.92. The first-order valence-corrected chi connectivity index (χ1v) is 11.5. The highest BCUT2D eigenvalue weighted by molar-refractivity contribution is 7.99. The van der Waals surface area contributed by atoms with Gasteiger partial charge in [0.25, 0.3) is 0 Å². The Morgan fingerprint density at radius 3 is 2.65 bits per heavy atom. The van der Waals surface area contributed by atoms with Gasteiger partial charge in [0.05, 0.1) is 36.4 Å². The van der Waals surface area contributed by atoms with E-state index in [4.69, 9.17) is 4.42 Å². The number of nitrogens with one attached hydrogen (secondary N) is 1. The molecule has 0 saturated heterocycles. The summed E-state index contributed by atoms with van der Waals surface area (Å²) in [5.74, 6) is 0.826. The van der Waals surface area contributed by atoms with E-state index in [2.05, 4.69) is 15.5 Å². The normalized spacial score (nSPS) is 13.6. The Labute approximate surface area is 197 Å². The van der Waals surface area contributed by atoms with Crippen LogP contribution in [0.5, 0.6) is 0 Å². The van der Waals surface area contributed by atoms with Crippen molar-refractivity contribution in [1.29, 1.82) is 0 Å². The van der Waals surface area contributed by atoms with Gasteiger partial charge in [-0.2, -0.15) is 13.2 Å². The lowest BCUT2D eigenvalue weighted by Gasteiger charge is -2.18. The topological polar surface area (TPSA) is 93.3 Å². The highest BCUT2D eigenvalue weighted by atomic mass is 32.2. The van der Waals surface area contributed by atoms with Crippen LogP contribution in [0.4, 0.5) is 18.9 Å². The van der Waals surface area contributed by atoms with E-state index in [1.807, 2.05) is 10.6 Å². The Kier molecular flexibility index (Phi) is 6.96. The number of rotatable bonds is 9. The Bertz CT molecular complexity index is 1160. The Morgan fingerprint density at radius 2 is 1.97 bits per heavy atom. The van der Waals surface area contributed by atoms with Gasteiger partial charge in [0.15, 0.2) is 5.16 Å². The number of furan rings is 1. The predicted molar refractivity (Wildman–Crippen MR) is 118 cm³/mol. The summed E-state index contributed by atoms with van der Waals surface area (Å²) in [6, 6.07) is 8.33. The van der Waals surface area contributed by atoms with Crippen molar-refractivity contribution >= 4 is 29.3 Å². The summed E-state index contributed by atoms with van der Waals surface area (Å²) < 4.78 is 46.7. The van der Waals surface area contributed by atoms with Crippen molar-refractivity contribution < 1.29 is 27.2 Å². The molecule has 0 bridgehead atoms. The fourth-order valence-corrected chi connectivity index (χ4v) is 4.21. The van der Waals surface area contributed by atoms with Gasteiger partial charge in [0, 0.05) is 13.0 Å². The summed E-state index contributed by atoms with van der Waals surface area (Å²) in [6.07, 6.45) is -0.947. The summed E-state index contributed by atoms with van der Waals surface area (Å²) in [5.41, 5.74) is -1.30. The third-order valence-electron chi connectivity index (χ3n) is 5.22. The van der Waals surface area contributed by atoms with E-state index in [0.717, 1.165) is 35.4 Å². The predicted octanol–water partition coefficient (Wildman–Crippen LogP) is 4.00. The summed E-state index contributed by atoms with van der Waals surface area (Å²) in [4.78, 5) is 26.0. The molecule has 1 saturated carbocycles. The highest BCUT2D eigenvalue weighted by Gasteiger charge is 2.34. The zero-order valence-electron chi connectivity index (χ0n) is 18.2. The first-order valence-electron chi connectivity index (χ1n) is 10.5. The van der Waals surface area contributed by atoms with Crippen LogP contribution in [0.25, 0.3) is 0 Å². The molecule has 1 aliphatic rings. The summed E-state index contributed by atoms with van der Waals surface area (Å²) in [6.45, 7) is 0.0528. The molecule has 1 N–H and O–H groups in total. The lowest BCUT2D eigenvalue weighted by atomic mass is 10.1. The monoisotopic (exact) mass is 493 g/mol. The van der Waals surface area contributed by atoms with Gasteiger partial charge in [0.2, 0.25) is 11.8 Å². The van der Waals surface area contributed by atoms with Gasteiger partial charge in [-0.15, -0.1) is 10.2 Å². The molecule has 2 amide bonds. The molecule has 180 valence electrons. The molecule has 1 fully saturated rings. The van der Waals surface area contributed by atoms with Crippen molar-refractivity contribution in [2.75, 3.05) is 24.7 Å². The lowest BCUT2D eigenvalue weighted by molar-refractivity contribution is -0.137. The van der Waals surface area contributed by atoms with Crippen LogP contribution >= 0.6 is 11.8 Å². The third-order valence-corrected chi connectivity index (χ3v) is 6.17. The van der Waals surface area contributed by atoms with Gasteiger partial charge in [-0.1, -0.05) is 23.9 Å². The number of anilines is 1. The molecule has 0 aliphatic heterocycles. The third kappa shape index (κ3) is 5.79. The van der Waals surface area contributed by atoms with Gasteiger partial charge >= 0.3 is 6.18 Å². The number of benzene rings is 1. The number of likely N-dealkylation sites (N-methyl/N-ethyl adjacent to an activating group) is 1. The van der Waals surface area contributed by atoms with Crippen molar-refractivity contribution in [3.05, 3.63) is 59.8 Å². The number of alkyl halides is 3. The largest absolute Gasteiger partial charge is 0.467 e. The van der Waals surface area contributed by atoms with Gasteiger partial charge < -0.3 is 14.6 Å². The van der Waals surface area contributed by atoms with Crippen LogP contribution in [0.15, 0.2) is 52.2 Å². The van der Waals surface area contributed by atoms with Gasteiger partial charge in [-0.25, -0.2) is 0 Å². The number of hydrogen-bond acceptors (Lipinski definition) is 6. The molecule has 1 aromatic carbocycles. The zero-order valence-corrected chi connectivity index (χ0v) is 19.0. The molecule has 2 heterocycles. The van der Waals surface area contributed by atoms with Gasteiger partial charge in [-0.05, 0) is 37.1 Å². The number of carbonyl (C=O) groups is 2. The maximum atomic E-state index is 13.1. The number of para-hydroxylation sites is 1. The fourth-order valence-electron chi connectivity index (χ4n) is 3.33. The summed E-state index contributed by atoms with van der Waals surface area (Å²) in [5, 5.41) is 11.3.